The maximum absolute atomic E-state index is 6.19. The van der Waals surface area contributed by atoms with E-state index in [1.165, 1.54) is 17.7 Å². The summed E-state index contributed by atoms with van der Waals surface area (Å²) < 4.78 is 0. The summed E-state index contributed by atoms with van der Waals surface area (Å²) in [5, 5.41) is 0.769. The summed E-state index contributed by atoms with van der Waals surface area (Å²) in [5.74, 6) is 1.18. The number of nitrogens with zero attached hydrogens (tertiary/aromatic N) is 1. The number of nitrogens with two attached hydrogens (primary N) is 1. The van der Waals surface area contributed by atoms with E-state index in [2.05, 4.69) is 44.2 Å². The lowest BCUT2D eigenvalue weighted by Gasteiger charge is -2.36. The fourth-order valence-corrected chi connectivity index (χ4v) is 3.04. The first-order chi connectivity index (χ1) is 8.97. The van der Waals surface area contributed by atoms with Gasteiger partial charge in [-0.2, -0.15) is 11.8 Å². The second kappa shape index (κ2) is 8.15. The highest BCUT2D eigenvalue weighted by atomic mass is 35.5. The number of benzene rings is 1. The van der Waals surface area contributed by atoms with E-state index in [1.807, 2.05) is 23.9 Å². The van der Waals surface area contributed by atoms with Gasteiger partial charge in [-0.05, 0) is 57.0 Å². The van der Waals surface area contributed by atoms with Gasteiger partial charge in [0.2, 0.25) is 0 Å². The SMILES string of the molecule is CSCCC(C)N(C)C(c1ccc(Cl)cc1)C(C)N. The first kappa shape index (κ1) is 16.8. The molecule has 3 unspecified atom stereocenters. The average molecular weight is 301 g/mol. The predicted molar refractivity (Wildman–Crippen MR) is 88.1 cm³/mol. The molecule has 19 heavy (non-hydrogen) atoms. The van der Waals surface area contributed by atoms with Crippen molar-refractivity contribution in [1.82, 2.24) is 4.90 Å². The van der Waals surface area contributed by atoms with Gasteiger partial charge in [0.25, 0.3) is 0 Å². The number of rotatable bonds is 7. The van der Waals surface area contributed by atoms with Crippen LogP contribution in [0.2, 0.25) is 5.02 Å². The molecule has 108 valence electrons. The van der Waals surface area contributed by atoms with Crippen molar-refractivity contribution >= 4 is 23.4 Å². The lowest BCUT2D eigenvalue weighted by Crippen LogP contribution is -2.42. The number of likely N-dealkylation sites (N-methyl/N-ethyl adjacent to an activating group) is 1. The fraction of sp³-hybridized carbons (Fsp3) is 0.600. The Morgan fingerprint density at radius 1 is 1.26 bits per heavy atom. The van der Waals surface area contributed by atoms with Gasteiger partial charge >= 0.3 is 0 Å². The predicted octanol–water partition coefficient (Wildman–Crippen LogP) is 3.80. The second-order valence-corrected chi connectivity index (χ2v) is 6.57. The van der Waals surface area contributed by atoms with Crippen molar-refractivity contribution in [3.63, 3.8) is 0 Å². The van der Waals surface area contributed by atoms with Gasteiger partial charge in [0.05, 0.1) is 0 Å². The van der Waals surface area contributed by atoms with Crippen LogP contribution < -0.4 is 5.73 Å². The molecular formula is C15H25ClN2S. The Kier molecular flexibility index (Phi) is 7.22. The van der Waals surface area contributed by atoms with Crippen molar-refractivity contribution in [1.29, 1.82) is 0 Å². The van der Waals surface area contributed by atoms with E-state index < -0.39 is 0 Å². The van der Waals surface area contributed by atoms with E-state index >= 15 is 0 Å². The van der Waals surface area contributed by atoms with Crippen LogP contribution in [0.4, 0.5) is 0 Å². The Balaban J connectivity index is 2.84. The molecule has 0 radical (unpaired) electrons. The van der Waals surface area contributed by atoms with Crippen molar-refractivity contribution in [2.24, 2.45) is 5.73 Å². The van der Waals surface area contributed by atoms with Gasteiger partial charge in [-0.1, -0.05) is 23.7 Å². The minimum Gasteiger partial charge on any atom is -0.326 e. The summed E-state index contributed by atoms with van der Waals surface area (Å²) >= 11 is 7.85. The maximum Gasteiger partial charge on any atom is 0.0496 e. The third-order valence-electron chi connectivity index (χ3n) is 3.58. The number of hydrogen-bond donors (Lipinski definition) is 1. The van der Waals surface area contributed by atoms with Crippen LogP contribution in [-0.4, -0.2) is 36.0 Å². The molecule has 0 fully saturated rings. The van der Waals surface area contributed by atoms with E-state index in [4.69, 9.17) is 17.3 Å². The molecule has 0 saturated heterocycles. The highest BCUT2D eigenvalue weighted by molar-refractivity contribution is 7.98. The Bertz CT molecular complexity index is 367. The van der Waals surface area contributed by atoms with Crippen LogP contribution in [0.1, 0.15) is 31.9 Å². The molecule has 0 aliphatic carbocycles. The molecule has 0 heterocycles. The molecule has 2 N–H and O–H groups in total. The van der Waals surface area contributed by atoms with Gasteiger partial charge in [-0.25, -0.2) is 0 Å². The molecule has 2 nitrogen and oxygen atoms in total. The molecule has 0 bridgehead atoms. The average Bonchev–Trinajstić information content (AvgIpc) is 2.38. The largest absolute Gasteiger partial charge is 0.326 e. The van der Waals surface area contributed by atoms with E-state index in [1.54, 1.807) is 0 Å². The second-order valence-electron chi connectivity index (χ2n) is 5.15. The van der Waals surface area contributed by atoms with Crippen molar-refractivity contribution in [2.45, 2.75) is 38.4 Å². The van der Waals surface area contributed by atoms with E-state index in [0.29, 0.717) is 6.04 Å². The molecule has 0 aromatic heterocycles. The number of halogens is 1. The number of hydrogen-bond acceptors (Lipinski definition) is 3. The van der Waals surface area contributed by atoms with Crippen molar-refractivity contribution < 1.29 is 0 Å². The summed E-state index contributed by atoms with van der Waals surface area (Å²) in [6.45, 7) is 4.33. The normalized spacial score (nSPS) is 16.4. The zero-order valence-corrected chi connectivity index (χ0v) is 13.8. The highest BCUT2D eigenvalue weighted by Gasteiger charge is 2.24. The highest BCUT2D eigenvalue weighted by Crippen LogP contribution is 2.26. The van der Waals surface area contributed by atoms with Crippen LogP contribution >= 0.6 is 23.4 Å². The van der Waals surface area contributed by atoms with Crippen LogP contribution in [0, 0.1) is 0 Å². The number of thioether (sulfide) groups is 1. The molecule has 0 aliphatic rings. The van der Waals surface area contributed by atoms with E-state index in [9.17, 15) is 0 Å². The first-order valence-corrected chi connectivity index (χ1v) is 8.46. The quantitative estimate of drug-likeness (QED) is 0.830. The van der Waals surface area contributed by atoms with Gasteiger partial charge in [0.15, 0.2) is 0 Å². The zero-order valence-electron chi connectivity index (χ0n) is 12.3. The van der Waals surface area contributed by atoms with Crippen LogP contribution in [0.3, 0.4) is 0 Å². The third-order valence-corrected chi connectivity index (χ3v) is 4.48. The monoisotopic (exact) mass is 300 g/mol. The molecule has 1 aromatic carbocycles. The summed E-state index contributed by atoms with van der Waals surface area (Å²) in [7, 11) is 2.16. The minimum atomic E-state index is 0.0860. The molecule has 0 spiro atoms. The van der Waals surface area contributed by atoms with Gasteiger partial charge in [0.1, 0.15) is 0 Å². The maximum atomic E-state index is 6.19. The molecular weight excluding hydrogens is 276 g/mol. The van der Waals surface area contributed by atoms with Gasteiger partial charge in [-0.15, -0.1) is 0 Å². The van der Waals surface area contributed by atoms with E-state index in [-0.39, 0.29) is 12.1 Å². The lowest BCUT2D eigenvalue weighted by atomic mass is 9.98. The summed E-state index contributed by atoms with van der Waals surface area (Å²) in [4.78, 5) is 2.38. The van der Waals surface area contributed by atoms with Crippen LogP contribution in [-0.2, 0) is 0 Å². The topological polar surface area (TPSA) is 29.3 Å². The Labute approximate surface area is 126 Å². The Morgan fingerprint density at radius 3 is 2.32 bits per heavy atom. The van der Waals surface area contributed by atoms with Gasteiger partial charge < -0.3 is 5.73 Å². The molecule has 3 atom stereocenters. The zero-order chi connectivity index (χ0) is 14.4. The molecule has 4 heteroatoms. The van der Waals surface area contributed by atoms with Crippen LogP contribution in [0.5, 0.6) is 0 Å². The Hall–Kier alpha value is -0.220. The van der Waals surface area contributed by atoms with Crippen LogP contribution in [0.25, 0.3) is 0 Å². The summed E-state index contributed by atoms with van der Waals surface area (Å²) in [6.07, 6.45) is 3.32. The van der Waals surface area contributed by atoms with Gasteiger partial charge in [0, 0.05) is 23.1 Å². The smallest absolute Gasteiger partial charge is 0.0496 e. The third kappa shape index (κ3) is 4.99. The molecule has 1 rings (SSSR count). The molecule has 1 aromatic rings. The summed E-state index contributed by atoms with van der Waals surface area (Å²) in [6, 6.07) is 8.86. The molecule has 0 amide bonds. The van der Waals surface area contributed by atoms with Crippen molar-refractivity contribution in [3.8, 4) is 0 Å². The first-order valence-electron chi connectivity index (χ1n) is 6.69. The van der Waals surface area contributed by atoms with Crippen molar-refractivity contribution in [2.75, 3.05) is 19.1 Å². The van der Waals surface area contributed by atoms with Gasteiger partial charge in [-0.3, -0.25) is 4.90 Å². The Morgan fingerprint density at radius 2 is 1.84 bits per heavy atom. The van der Waals surface area contributed by atoms with Crippen LogP contribution in [0.15, 0.2) is 24.3 Å². The summed E-state index contributed by atoms with van der Waals surface area (Å²) in [5.41, 5.74) is 7.43. The lowest BCUT2D eigenvalue weighted by molar-refractivity contribution is 0.162. The molecule has 0 saturated carbocycles. The van der Waals surface area contributed by atoms with E-state index in [0.717, 1.165) is 5.02 Å². The minimum absolute atomic E-state index is 0.0860. The molecule has 0 aliphatic heterocycles. The standard InChI is InChI=1S/C15H25ClN2S/c1-11(9-10-19-4)18(3)15(12(2)17)13-5-7-14(16)8-6-13/h5-8,11-12,15H,9-10,17H2,1-4H3. The fourth-order valence-electron chi connectivity index (χ4n) is 2.34. The van der Waals surface area contributed by atoms with Crippen molar-refractivity contribution in [3.05, 3.63) is 34.9 Å².